The number of nitrogens with one attached hydrogen (secondary N) is 1. The van der Waals surface area contributed by atoms with E-state index >= 15 is 0 Å². The second-order valence-electron chi connectivity index (χ2n) is 7.45. The Labute approximate surface area is 171 Å². The highest BCUT2D eigenvalue weighted by molar-refractivity contribution is 5.86. The van der Waals surface area contributed by atoms with Gasteiger partial charge in [-0.05, 0) is 25.0 Å². The zero-order valence-electron chi connectivity index (χ0n) is 16.9. The van der Waals surface area contributed by atoms with Crippen molar-refractivity contribution in [3.63, 3.8) is 0 Å². The maximum Gasteiger partial charge on any atom is 0.408 e. The van der Waals surface area contributed by atoms with Crippen LogP contribution in [0.5, 0.6) is 0 Å². The Morgan fingerprint density at radius 3 is 2.14 bits per heavy atom. The molecule has 3 atom stereocenters. The molecule has 1 heterocycles. The van der Waals surface area contributed by atoms with Crippen molar-refractivity contribution < 1.29 is 19.1 Å². The standard InChI is InChI=1S/C23H28N2O4/c1-17-14-25(15-18(2)29-17)22(26)21(13-19-9-5-3-6-10-19)24-23(27)28-16-20-11-7-4-8-12-20/h3-12,17-18,21H,13-16H2,1-2H3,(H,24,27)/t17?,18?,21-/m0/s1. The number of alkyl carbamates (subject to hydrolysis) is 1. The molecule has 0 aromatic heterocycles. The topological polar surface area (TPSA) is 67.9 Å². The van der Waals surface area contributed by atoms with Gasteiger partial charge in [0.25, 0.3) is 0 Å². The number of carbonyl (C=O) groups excluding carboxylic acids is 2. The van der Waals surface area contributed by atoms with Gasteiger partial charge in [-0.25, -0.2) is 4.79 Å². The van der Waals surface area contributed by atoms with E-state index in [1.165, 1.54) is 0 Å². The van der Waals surface area contributed by atoms with E-state index in [-0.39, 0.29) is 24.7 Å². The van der Waals surface area contributed by atoms with Crippen molar-refractivity contribution in [2.45, 2.75) is 45.1 Å². The lowest BCUT2D eigenvalue weighted by atomic mass is 10.0. The maximum absolute atomic E-state index is 13.2. The molecule has 0 radical (unpaired) electrons. The van der Waals surface area contributed by atoms with Crippen molar-refractivity contribution >= 4 is 12.0 Å². The first-order chi connectivity index (χ1) is 14.0. The number of rotatable bonds is 6. The van der Waals surface area contributed by atoms with E-state index in [1.54, 1.807) is 4.90 Å². The Hall–Kier alpha value is -2.86. The minimum Gasteiger partial charge on any atom is -0.445 e. The molecular formula is C23H28N2O4. The third-order valence-corrected chi connectivity index (χ3v) is 4.82. The van der Waals surface area contributed by atoms with Gasteiger partial charge in [0.1, 0.15) is 12.6 Å². The van der Waals surface area contributed by atoms with Crippen molar-refractivity contribution in [3.05, 3.63) is 71.8 Å². The molecule has 0 aliphatic carbocycles. The fraction of sp³-hybridized carbons (Fsp3) is 0.391. The van der Waals surface area contributed by atoms with E-state index in [1.807, 2.05) is 74.5 Å². The highest BCUT2D eigenvalue weighted by Crippen LogP contribution is 2.14. The van der Waals surface area contributed by atoms with Gasteiger partial charge in [0.15, 0.2) is 0 Å². The van der Waals surface area contributed by atoms with Gasteiger partial charge < -0.3 is 19.7 Å². The number of amides is 2. The molecule has 2 unspecified atom stereocenters. The number of carbonyl (C=O) groups is 2. The Bertz CT molecular complexity index is 787. The summed E-state index contributed by atoms with van der Waals surface area (Å²) in [5, 5.41) is 2.77. The van der Waals surface area contributed by atoms with E-state index in [2.05, 4.69) is 5.32 Å². The fourth-order valence-electron chi connectivity index (χ4n) is 3.54. The first-order valence-corrected chi connectivity index (χ1v) is 9.96. The minimum absolute atomic E-state index is 0.0369. The maximum atomic E-state index is 13.2. The summed E-state index contributed by atoms with van der Waals surface area (Å²) in [5.41, 5.74) is 1.87. The van der Waals surface area contributed by atoms with Crippen molar-refractivity contribution in [3.8, 4) is 0 Å². The van der Waals surface area contributed by atoms with Crippen LogP contribution >= 0.6 is 0 Å². The fourth-order valence-corrected chi connectivity index (χ4v) is 3.54. The quantitative estimate of drug-likeness (QED) is 0.814. The first kappa shape index (κ1) is 20.9. The lowest BCUT2D eigenvalue weighted by Gasteiger charge is -2.37. The van der Waals surface area contributed by atoms with Gasteiger partial charge in [-0.1, -0.05) is 60.7 Å². The first-order valence-electron chi connectivity index (χ1n) is 9.96. The zero-order valence-corrected chi connectivity index (χ0v) is 16.9. The molecule has 0 spiro atoms. The molecule has 1 N–H and O–H groups in total. The Morgan fingerprint density at radius 2 is 1.55 bits per heavy atom. The number of benzene rings is 2. The van der Waals surface area contributed by atoms with Crippen LogP contribution < -0.4 is 5.32 Å². The van der Waals surface area contributed by atoms with E-state index < -0.39 is 12.1 Å². The van der Waals surface area contributed by atoms with Crippen LogP contribution in [0.1, 0.15) is 25.0 Å². The molecule has 0 bridgehead atoms. The number of nitrogens with zero attached hydrogens (tertiary/aromatic N) is 1. The van der Waals surface area contributed by atoms with Crippen molar-refractivity contribution in [2.75, 3.05) is 13.1 Å². The molecule has 6 nitrogen and oxygen atoms in total. The van der Waals surface area contributed by atoms with Gasteiger partial charge in [0.2, 0.25) is 5.91 Å². The molecule has 2 aromatic carbocycles. The average molecular weight is 396 g/mol. The summed E-state index contributed by atoms with van der Waals surface area (Å²) in [6, 6.07) is 18.4. The molecule has 2 aromatic rings. The molecule has 3 rings (SSSR count). The normalized spacial score (nSPS) is 20.0. The minimum atomic E-state index is -0.696. The summed E-state index contributed by atoms with van der Waals surface area (Å²) in [7, 11) is 0. The smallest absolute Gasteiger partial charge is 0.408 e. The van der Waals surface area contributed by atoms with E-state index in [0.29, 0.717) is 19.5 Å². The molecule has 6 heteroatoms. The van der Waals surface area contributed by atoms with Crippen molar-refractivity contribution in [2.24, 2.45) is 0 Å². The summed E-state index contributed by atoms with van der Waals surface area (Å²) in [5.74, 6) is -0.118. The van der Waals surface area contributed by atoms with Crippen LogP contribution in [0.4, 0.5) is 4.79 Å². The molecule has 1 saturated heterocycles. The van der Waals surface area contributed by atoms with Gasteiger partial charge in [-0.3, -0.25) is 4.79 Å². The molecule has 1 aliphatic heterocycles. The molecule has 154 valence electrons. The Morgan fingerprint density at radius 1 is 1.00 bits per heavy atom. The van der Waals surface area contributed by atoms with Gasteiger partial charge in [-0.15, -0.1) is 0 Å². The van der Waals surface area contributed by atoms with Crippen LogP contribution in [0.2, 0.25) is 0 Å². The molecular weight excluding hydrogens is 368 g/mol. The van der Waals surface area contributed by atoms with Gasteiger partial charge in [0, 0.05) is 19.5 Å². The molecule has 0 saturated carbocycles. The molecule has 1 fully saturated rings. The third-order valence-electron chi connectivity index (χ3n) is 4.82. The largest absolute Gasteiger partial charge is 0.445 e. The Balaban J connectivity index is 1.66. The van der Waals surface area contributed by atoms with Crippen LogP contribution in [-0.4, -0.2) is 48.2 Å². The second-order valence-corrected chi connectivity index (χ2v) is 7.45. The number of ether oxygens (including phenoxy) is 2. The predicted molar refractivity (Wildman–Crippen MR) is 110 cm³/mol. The van der Waals surface area contributed by atoms with Gasteiger partial charge in [0.05, 0.1) is 12.2 Å². The summed E-state index contributed by atoms with van der Waals surface area (Å²) in [6.45, 7) is 5.07. The average Bonchev–Trinajstić information content (AvgIpc) is 2.72. The van der Waals surface area contributed by atoms with Crippen LogP contribution in [-0.2, 0) is 27.3 Å². The summed E-state index contributed by atoms with van der Waals surface area (Å²) in [4.78, 5) is 27.4. The van der Waals surface area contributed by atoms with E-state index in [9.17, 15) is 9.59 Å². The van der Waals surface area contributed by atoms with Crippen LogP contribution in [0.25, 0.3) is 0 Å². The monoisotopic (exact) mass is 396 g/mol. The van der Waals surface area contributed by atoms with Crippen LogP contribution in [0.3, 0.4) is 0 Å². The number of hydrogen-bond acceptors (Lipinski definition) is 4. The van der Waals surface area contributed by atoms with Gasteiger partial charge >= 0.3 is 6.09 Å². The predicted octanol–water partition coefficient (Wildman–Crippen LogP) is 3.16. The summed E-state index contributed by atoms with van der Waals surface area (Å²) >= 11 is 0. The highest BCUT2D eigenvalue weighted by atomic mass is 16.5. The van der Waals surface area contributed by atoms with E-state index in [0.717, 1.165) is 11.1 Å². The summed E-state index contributed by atoms with van der Waals surface area (Å²) < 4.78 is 11.1. The SMILES string of the molecule is CC1CN(C(=O)[C@H](Cc2ccccc2)NC(=O)OCc2ccccc2)CC(C)O1. The third kappa shape index (κ3) is 6.32. The lowest BCUT2D eigenvalue weighted by Crippen LogP contribution is -2.55. The lowest BCUT2D eigenvalue weighted by molar-refractivity contribution is -0.145. The molecule has 2 amide bonds. The second kappa shape index (κ2) is 10.1. The van der Waals surface area contributed by atoms with Crippen LogP contribution in [0, 0.1) is 0 Å². The molecule has 29 heavy (non-hydrogen) atoms. The zero-order chi connectivity index (χ0) is 20.6. The van der Waals surface area contributed by atoms with Gasteiger partial charge in [-0.2, -0.15) is 0 Å². The van der Waals surface area contributed by atoms with Crippen molar-refractivity contribution in [1.29, 1.82) is 0 Å². The Kier molecular flexibility index (Phi) is 7.25. The number of morpholine rings is 1. The summed E-state index contributed by atoms with van der Waals surface area (Å²) in [6.07, 6.45) is -0.270. The van der Waals surface area contributed by atoms with Crippen LogP contribution in [0.15, 0.2) is 60.7 Å². The van der Waals surface area contributed by atoms with Crippen molar-refractivity contribution in [1.82, 2.24) is 10.2 Å². The number of hydrogen-bond donors (Lipinski definition) is 1. The highest BCUT2D eigenvalue weighted by Gasteiger charge is 2.32. The molecule has 1 aliphatic rings. The van der Waals surface area contributed by atoms with E-state index in [4.69, 9.17) is 9.47 Å².